The molecular formula is C37H37Cl2N3O7. The number of fused-ring (bicyclic) bond motifs is 3. The average Bonchev–Trinajstić information content (AvgIpc) is 3.11. The number of ether oxygens (including phenoxy) is 3. The molecule has 2 bridgehead atoms. The number of hydrogen-bond acceptors (Lipinski definition) is 8. The van der Waals surface area contributed by atoms with Crippen molar-refractivity contribution in [2.75, 3.05) is 39.2 Å². The van der Waals surface area contributed by atoms with Crippen molar-refractivity contribution in [3.8, 4) is 11.5 Å². The third-order valence-electron chi connectivity index (χ3n) is 9.49. The van der Waals surface area contributed by atoms with Gasteiger partial charge >= 0.3 is 11.9 Å². The first kappa shape index (κ1) is 34.4. The Morgan fingerprint density at radius 3 is 2.27 bits per heavy atom. The maximum absolute atomic E-state index is 14.1. The fourth-order valence-electron chi connectivity index (χ4n) is 6.98. The van der Waals surface area contributed by atoms with E-state index in [2.05, 4.69) is 10.2 Å². The predicted octanol–water partition coefficient (Wildman–Crippen LogP) is 6.51. The minimum atomic E-state index is -1.17. The molecule has 256 valence electrons. The van der Waals surface area contributed by atoms with Gasteiger partial charge in [-0.05, 0) is 79.2 Å². The molecule has 49 heavy (non-hydrogen) atoms. The predicted molar refractivity (Wildman–Crippen MR) is 186 cm³/mol. The maximum Gasteiger partial charge on any atom is 0.336 e. The number of nitrogens with one attached hydrogen (secondary N) is 1. The molecule has 1 unspecified atom stereocenters. The first-order valence-corrected chi connectivity index (χ1v) is 16.8. The Morgan fingerprint density at radius 1 is 0.959 bits per heavy atom. The first-order chi connectivity index (χ1) is 23.7. The summed E-state index contributed by atoms with van der Waals surface area (Å²) in [4.78, 5) is 29.4. The average molecular weight is 707 g/mol. The van der Waals surface area contributed by atoms with Gasteiger partial charge in [-0.1, -0.05) is 65.7 Å². The Balaban J connectivity index is 1.48. The molecule has 3 saturated heterocycles. The highest BCUT2D eigenvalue weighted by atomic mass is 35.5. The molecule has 0 saturated carbocycles. The molecule has 0 spiro atoms. The Bertz CT molecular complexity index is 1810. The molecular weight excluding hydrogens is 669 g/mol. The Kier molecular flexibility index (Phi) is 10.5. The third kappa shape index (κ3) is 7.41. The van der Waals surface area contributed by atoms with Crippen LogP contribution in [0.3, 0.4) is 0 Å². The van der Waals surface area contributed by atoms with E-state index in [0.29, 0.717) is 56.6 Å². The molecule has 3 atom stereocenters. The summed E-state index contributed by atoms with van der Waals surface area (Å²) in [6, 6.07) is 18.5. The number of aromatic carboxylic acids is 1. The summed E-state index contributed by atoms with van der Waals surface area (Å²) in [7, 11) is 3.04. The number of nitrogens with zero attached hydrogens (tertiary/aromatic N) is 2. The number of methoxy groups -OCH3 is 2. The summed E-state index contributed by atoms with van der Waals surface area (Å²) >= 11 is 13.2. The van der Waals surface area contributed by atoms with Crippen molar-refractivity contribution < 1.29 is 33.6 Å². The smallest absolute Gasteiger partial charge is 0.336 e. The second kappa shape index (κ2) is 14.9. The van der Waals surface area contributed by atoms with Crippen molar-refractivity contribution >= 4 is 40.8 Å². The number of aromatic nitrogens is 1. The quantitative estimate of drug-likeness (QED) is 0.0965. The zero-order chi connectivity index (χ0) is 34.7. The van der Waals surface area contributed by atoms with E-state index in [0.717, 1.165) is 25.9 Å². The molecule has 4 aromatic rings. The highest BCUT2D eigenvalue weighted by Crippen LogP contribution is 2.42. The Hall–Kier alpha value is -4.51. The fourth-order valence-corrected chi connectivity index (χ4v) is 7.58. The van der Waals surface area contributed by atoms with Gasteiger partial charge in [0, 0.05) is 23.7 Å². The molecule has 10 nitrogen and oxygen atoms in total. The van der Waals surface area contributed by atoms with E-state index < -0.39 is 23.9 Å². The molecule has 0 radical (unpaired) electrons. The number of anilines is 1. The van der Waals surface area contributed by atoms with Gasteiger partial charge in [0.15, 0.2) is 29.9 Å². The van der Waals surface area contributed by atoms with Gasteiger partial charge in [-0.15, -0.1) is 0 Å². The number of rotatable bonds is 12. The van der Waals surface area contributed by atoms with Crippen LogP contribution < -0.4 is 19.5 Å². The lowest BCUT2D eigenvalue weighted by Gasteiger charge is -2.44. The van der Waals surface area contributed by atoms with Gasteiger partial charge < -0.3 is 29.8 Å². The van der Waals surface area contributed by atoms with Crippen molar-refractivity contribution in [1.29, 1.82) is 0 Å². The van der Waals surface area contributed by atoms with E-state index in [-0.39, 0.29) is 28.1 Å². The number of benzene rings is 3. The molecule has 7 rings (SSSR count). The molecule has 2 N–H and O–H groups in total. The highest BCUT2D eigenvalue weighted by molar-refractivity contribution is 6.35. The lowest BCUT2D eigenvalue weighted by atomic mass is 9.82. The normalized spacial score (nSPS) is 19.5. The number of esters is 1. The largest absolute Gasteiger partial charge is 0.619 e. The van der Waals surface area contributed by atoms with Crippen LogP contribution in [0.15, 0.2) is 79.1 Å². The Labute approximate surface area is 294 Å². The van der Waals surface area contributed by atoms with Gasteiger partial charge in [0.1, 0.15) is 16.1 Å². The van der Waals surface area contributed by atoms with E-state index >= 15 is 0 Å². The Morgan fingerprint density at radius 2 is 1.65 bits per heavy atom. The van der Waals surface area contributed by atoms with E-state index in [4.69, 9.17) is 37.4 Å². The summed E-state index contributed by atoms with van der Waals surface area (Å²) in [6.07, 6.45) is 4.25. The molecule has 3 aliphatic heterocycles. The van der Waals surface area contributed by atoms with Crippen molar-refractivity contribution in [2.45, 2.75) is 37.3 Å². The topological polar surface area (TPSA) is 124 Å². The number of pyridine rings is 1. The van der Waals surface area contributed by atoms with Crippen LogP contribution in [-0.4, -0.2) is 61.9 Å². The van der Waals surface area contributed by atoms with Crippen molar-refractivity contribution in [3.63, 3.8) is 0 Å². The van der Waals surface area contributed by atoms with E-state index in [1.165, 1.54) is 32.7 Å². The first-order valence-electron chi connectivity index (χ1n) is 16.1. The minimum Gasteiger partial charge on any atom is -0.619 e. The highest BCUT2D eigenvalue weighted by Gasteiger charge is 2.38. The van der Waals surface area contributed by atoms with Crippen LogP contribution in [0.5, 0.6) is 11.5 Å². The van der Waals surface area contributed by atoms with Crippen LogP contribution in [0.4, 0.5) is 5.69 Å². The summed E-state index contributed by atoms with van der Waals surface area (Å²) < 4.78 is 17.8. The van der Waals surface area contributed by atoms with Gasteiger partial charge in [-0.2, -0.15) is 4.73 Å². The lowest BCUT2D eigenvalue weighted by Crippen LogP contribution is -2.52. The van der Waals surface area contributed by atoms with Crippen LogP contribution in [0.25, 0.3) is 0 Å². The fraction of sp³-hybridized carbons (Fsp3) is 0.324. The minimum absolute atomic E-state index is 0.00409. The zero-order valence-corrected chi connectivity index (χ0v) is 28.6. The van der Waals surface area contributed by atoms with Crippen LogP contribution in [-0.2, 0) is 16.0 Å². The van der Waals surface area contributed by atoms with Gasteiger partial charge in [0.2, 0.25) is 0 Å². The summed E-state index contributed by atoms with van der Waals surface area (Å²) in [5, 5.41) is 26.3. The van der Waals surface area contributed by atoms with Crippen LogP contribution in [0.2, 0.25) is 10.0 Å². The summed E-state index contributed by atoms with van der Waals surface area (Å²) in [5.41, 5.74) is 2.56. The van der Waals surface area contributed by atoms with Gasteiger partial charge in [0.05, 0.1) is 19.8 Å². The van der Waals surface area contributed by atoms with Crippen molar-refractivity contribution in [3.05, 3.63) is 122 Å². The standard InChI is InChI=1S/C37H37Cl2N3O7/c1-47-31-12-11-24(17-32(31)48-2)26(18-27-28(38)19-42(46)20-29(27)39)34-25(36(43)44)9-6-10-30(34)40-35(23-7-4-3-5-8-23)37(45)49-33-21-41-15-13-22(33)14-16-41/h3-12,17,19-20,22,26,33,35,40H,13-16,18,21H2,1-2H3,(H,43,44)/t26-,33-,35?/m0/s1. The molecule has 3 aliphatic rings. The van der Waals surface area contributed by atoms with Crippen LogP contribution in [0, 0.1) is 11.1 Å². The summed E-state index contributed by atoms with van der Waals surface area (Å²) in [5.74, 6) is -1.11. The number of carbonyl (C=O) groups is 2. The molecule has 1 aromatic heterocycles. The number of hydrogen-bond donors (Lipinski definition) is 2. The number of carboxylic acid groups (broad SMARTS) is 1. The lowest BCUT2D eigenvalue weighted by molar-refractivity contribution is -0.605. The second-order valence-corrected chi connectivity index (χ2v) is 13.2. The van der Waals surface area contributed by atoms with E-state index in [1.54, 1.807) is 24.3 Å². The molecule has 3 aromatic carbocycles. The monoisotopic (exact) mass is 705 g/mol. The van der Waals surface area contributed by atoms with Gasteiger partial charge in [-0.3, -0.25) is 4.90 Å². The number of piperidine rings is 3. The molecule has 12 heteroatoms. The third-order valence-corrected chi connectivity index (χ3v) is 10.1. The zero-order valence-electron chi connectivity index (χ0n) is 27.1. The molecule has 0 aliphatic carbocycles. The van der Waals surface area contributed by atoms with Gasteiger partial charge in [-0.25, -0.2) is 9.59 Å². The van der Waals surface area contributed by atoms with Gasteiger partial charge in [0.25, 0.3) is 0 Å². The molecule has 4 heterocycles. The number of carboxylic acids is 1. The SMILES string of the molecule is COc1ccc([C@H](Cc2c(Cl)c[n+]([O-])cc2Cl)c2c(NC(C(=O)O[C@H]3CN4CCC3CC4)c3ccccc3)cccc2C(=O)O)cc1OC. The van der Waals surface area contributed by atoms with Crippen LogP contribution in [0.1, 0.15) is 57.4 Å². The van der Waals surface area contributed by atoms with Crippen molar-refractivity contribution in [2.24, 2.45) is 5.92 Å². The molecule has 3 fully saturated rings. The second-order valence-electron chi connectivity index (χ2n) is 12.3. The molecule has 0 amide bonds. The number of halogens is 2. The van der Waals surface area contributed by atoms with E-state index in [9.17, 15) is 19.9 Å². The maximum atomic E-state index is 14.1. The van der Waals surface area contributed by atoms with Crippen LogP contribution >= 0.6 is 23.2 Å². The van der Waals surface area contributed by atoms with Crippen molar-refractivity contribution in [1.82, 2.24) is 4.90 Å². The summed E-state index contributed by atoms with van der Waals surface area (Å²) in [6.45, 7) is 2.71. The van der Waals surface area contributed by atoms with E-state index in [1.807, 2.05) is 36.4 Å². The number of carbonyl (C=O) groups excluding carboxylic acids is 1.